The number of nitrogens with one attached hydrogen (secondary N) is 1. The molecular weight excluding hydrogens is 382 g/mol. The van der Waals surface area contributed by atoms with E-state index in [2.05, 4.69) is 22.6 Å². The van der Waals surface area contributed by atoms with Gasteiger partial charge in [-0.2, -0.15) is 5.10 Å². The van der Waals surface area contributed by atoms with Gasteiger partial charge in [0.25, 0.3) is 0 Å². The van der Waals surface area contributed by atoms with Crippen LogP contribution in [0.5, 0.6) is 0 Å². The third kappa shape index (κ3) is 4.59. The summed E-state index contributed by atoms with van der Waals surface area (Å²) in [6, 6.07) is 6.16. The Hall–Kier alpha value is -2.46. The number of hydrogen-bond acceptors (Lipinski definition) is 3. The number of rotatable bonds is 3. The van der Waals surface area contributed by atoms with E-state index in [1.54, 1.807) is 7.11 Å². The van der Waals surface area contributed by atoms with Gasteiger partial charge in [-0.15, -0.1) is 0 Å². The smallest absolute Gasteiger partial charge is 0.120 e. The molecular formula is C24H32ClN3O. The van der Waals surface area contributed by atoms with Crippen LogP contribution in [-0.4, -0.2) is 23.4 Å². The van der Waals surface area contributed by atoms with Crippen LogP contribution in [0.2, 0.25) is 5.02 Å². The maximum absolute atomic E-state index is 6.57. The van der Waals surface area contributed by atoms with Crippen molar-refractivity contribution >= 4 is 17.2 Å². The average molecular weight is 414 g/mol. The number of ether oxygens (including phenoxy) is 1. The molecule has 0 fully saturated rings. The van der Waals surface area contributed by atoms with Crippen LogP contribution in [0, 0.1) is 0 Å². The molecule has 2 aromatic rings. The number of allylic oxidation sites excluding steroid dienone is 4. The lowest BCUT2D eigenvalue weighted by atomic mass is 9.89. The molecule has 2 aliphatic heterocycles. The van der Waals surface area contributed by atoms with Crippen LogP contribution in [0.25, 0.3) is 11.3 Å². The van der Waals surface area contributed by atoms with Crippen molar-refractivity contribution in [3.8, 4) is 5.69 Å². The van der Waals surface area contributed by atoms with E-state index in [4.69, 9.17) is 16.3 Å². The van der Waals surface area contributed by atoms with Gasteiger partial charge in [0.15, 0.2) is 0 Å². The highest BCUT2D eigenvalue weighted by atomic mass is 35.5. The monoisotopic (exact) mass is 413 g/mol. The van der Waals surface area contributed by atoms with Crippen molar-refractivity contribution in [2.45, 2.75) is 47.5 Å². The summed E-state index contributed by atoms with van der Waals surface area (Å²) in [5.74, 6) is 0.823. The average Bonchev–Trinajstić information content (AvgIpc) is 3.17. The molecule has 0 spiro atoms. The zero-order chi connectivity index (χ0) is 21.4. The summed E-state index contributed by atoms with van der Waals surface area (Å²) in [7, 11) is 1.69. The van der Waals surface area contributed by atoms with Gasteiger partial charge in [0, 0.05) is 42.2 Å². The second kappa shape index (κ2) is 10.9. The summed E-state index contributed by atoms with van der Waals surface area (Å²) in [4.78, 5) is 0. The SMILES string of the molecule is C/C=C\C(=C/C1=C2Cc3ccnn3-c3c(Cl)ccc(c32)CCN1)OC.CC.CC. The van der Waals surface area contributed by atoms with Crippen molar-refractivity contribution < 1.29 is 4.74 Å². The zero-order valence-corrected chi connectivity index (χ0v) is 19.1. The topological polar surface area (TPSA) is 39.1 Å². The Morgan fingerprint density at radius 1 is 1.21 bits per heavy atom. The van der Waals surface area contributed by atoms with Gasteiger partial charge in [-0.05, 0) is 42.7 Å². The summed E-state index contributed by atoms with van der Waals surface area (Å²) < 4.78 is 7.47. The van der Waals surface area contributed by atoms with E-state index >= 15 is 0 Å². The van der Waals surface area contributed by atoms with Gasteiger partial charge in [0.2, 0.25) is 0 Å². The molecule has 156 valence electrons. The Kier molecular flexibility index (Phi) is 8.59. The van der Waals surface area contributed by atoms with Crippen LogP contribution < -0.4 is 5.32 Å². The summed E-state index contributed by atoms with van der Waals surface area (Å²) >= 11 is 6.57. The first-order valence-electron chi connectivity index (χ1n) is 10.4. The largest absolute Gasteiger partial charge is 0.497 e. The number of methoxy groups -OCH3 is 1. The van der Waals surface area contributed by atoms with Gasteiger partial charge >= 0.3 is 0 Å². The molecule has 4 nitrogen and oxygen atoms in total. The minimum Gasteiger partial charge on any atom is -0.497 e. The minimum atomic E-state index is 0.728. The lowest BCUT2D eigenvalue weighted by Gasteiger charge is -2.25. The minimum absolute atomic E-state index is 0.728. The Bertz CT molecular complexity index is 922. The molecule has 0 amide bonds. The van der Waals surface area contributed by atoms with E-state index in [1.165, 1.54) is 16.7 Å². The molecule has 5 heteroatoms. The molecule has 0 bridgehead atoms. The van der Waals surface area contributed by atoms with E-state index in [9.17, 15) is 0 Å². The second-order valence-electron chi connectivity index (χ2n) is 6.16. The van der Waals surface area contributed by atoms with Gasteiger partial charge in [-0.25, -0.2) is 4.68 Å². The van der Waals surface area contributed by atoms with Crippen LogP contribution in [0.3, 0.4) is 0 Å². The third-order valence-corrected chi connectivity index (χ3v) is 5.00. The van der Waals surface area contributed by atoms with Crippen LogP contribution >= 0.6 is 11.6 Å². The summed E-state index contributed by atoms with van der Waals surface area (Å²) in [5.41, 5.74) is 6.97. The molecule has 2 aliphatic rings. The fourth-order valence-electron chi connectivity index (χ4n) is 3.58. The lowest BCUT2D eigenvalue weighted by Crippen LogP contribution is -2.17. The Morgan fingerprint density at radius 2 is 1.97 bits per heavy atom. The van der Waals surface area contributed by atoms with Crippen LogP contribution in [0.15, 0.2) is 54.1 Å². The highest BCUT2D eigenvalue weighted by molar-refractivity contribution is 6.33. The number of halogens is 1. The van der Waals surface area contributed by atoms with Gasteiger partial charge < -0.3 is 10.1 Å². The van der Waals surface area contributed by atoms with Crippen LogP contribution in [0.4, 0.5) is 0 Å². The number of nitrogens with zero attached hydrogens (tertiary/aromatic N) is 2. The molecule has 1 N–H and O–H groups in total. The summed E-state index contributed by atoms with van der Waals surface area (Å²) in [6.07, 6.45) is 9.60. The first kappa shape index (κ1) is 22.8. The molecule has 0 saturated carbocycles. The standard InChI is InChI=1S/C20H20ClN3O.2C2H6/c1-3-4-15(25-2)12-18-16-11-14-8-10-23-24(14)20-17(21)6-5-13(19(16)20)7-9-22-18;2*1-2/h3-6,8,10,12,22H,7,9,11H2,1-2H3;2*1-2H3/b4-3-,15-12+;;. The van der Waals surface area contributed by atoms with Gasteiger partial charge in [0.05, 0.1) is 17.8 Å². The first-order valence-corrected chi connectivity index (χ1v) is 10.8. The fraction of sp³-hybridized carbons (Fsp3) is 0.375. The molecule has 0 saturated heterocycles. The first-order chi connectivity index (χ1) is 14.2. The van der Waals surface area contributed by atoms with E-state index in [-0.39, 0.29) is 0 Å². The maximum Gasteiger partial charge on any atom is 0.120 e. The fourth-order valence-corrected chi connectivity index (χ4v) is 3.82. The van der Waals surface area contributed by atoms with Crippen molar-refractivity contribution in [2.75, 3.05) is 13.7 Å². The summed E-state index contributed by atoms with van der Waals surface area (Å²) in [5, 5.41) is 8.79. The van der Waals surface area contributed by atoms with Gasteiger partial charge in [0.1, 0.15) is 5.76 Å². The van der Waals surface area contributed by atoms with Gasteiger partial charge in [-0.3, -0.25) is 0 Å². The molecule has 3 heterocycles. The van der Waals surface area contributed by atoms with Gasteiger partial charge in [-0.1, -0.05) is 51.4 Å². The van der Waals surface area contributed by atoms with E-state index in [0.717, 1.165) is 47.2 Å². The van der Waals surface area contributed by atoms with E-state index < -0.39 is 0 Å². The molecule has 29 heavy (non-hydrogen) atoms. The van der Waals surface area contributed by atoms with Crippen molar-refractivity contribution in [2.24, 2.45) is 0 Å². The normalized spacial score (nSPS) is 14.5. The number of fused-ring (bicyclic) bond motifs is 2. The van der Waals surface area contributed by atoms with E-state index in [1.807, 2.05) is 69.8 Å². The molecule has 1 aromatic carbocycles. The van der Waals surface area contributed by atoms with Crippen molar-refractivity contribution in [3.05, 3.63) is 75.9 Å². The maximum atomic E-state index is 6.57. The van der Waals surface area contributed by atoms with Crippen molar-refractivity contribution in [1.29, 1.82) is 0 Å². The Balaban J connectivity index is 0.000000707. The summed E-state index contributed by atoms with van der Waals surface area (Å²) in [6.45, 7) is 10.9. The Labute approximate surface area is 179 Å². The predicted octanol–water partition coefficient (Wildman–Crippen LogP) is 6.10. The lowest BCUT2D eigenvalue weighted by molar-refractivity contribution is 0.306. The highest BCUT2D eigenvalue weighted by Gasteiger charge is 2.28. The highest BCUT2D eigenvalue weighted by Crippen LogP contribution is 2.41. The van der Waals surface area contributed by atoms with Crippen molar-refractivity contribution in [1.82, 2.24) is 15.1 Å². The molecule has 0 aliphatic carbocycles. The molecule has 1 aromatic heterocycles. The quantitative estimate of drug-likeness (QED) is 0.488. The van der Waals surface area contributed by atoms with Crippen LogP contribution in [0.1, 0.15) is 51.4 Å². The molecule has 4 rings (SSSR count). The molecule has 0 radical (unpaired) electrons. The zero-order valence-electron chi connectivity index (χ0n) is 18.3. The third-order valence-electron chi connectivity index (χ3n) is 4.70. The second-order valence-corrected chi connectivity index (χ2v) is 6.57. The van der Waals surface area contributed by atoms with E-state index in [0.29, 0.717) is 0 Å². The number of aromatic nitrogens is 2. The van der Waals surface area contributed by atoms with Crippen LogP contribution in [-0.2, 0) is 17.6 Å². The molecule has 0 unspecified atom stereocenters. The number of benzene rings is 1. The number of hydrogen-bond donors (Lipinski definition) is 1. The predicted molar refractivity (Wildman–Crippen MR) is 124 cm³/mol. The Morgan fingerprint density at radius 3 is 2.66 bits per heavy atom. The van der Waals surface area contributed by atoms with Crippen molar-refractivity contribution in [3.63, 3.8) is 0 Å². The molecule has 0 atom stereocenters.